The summed E-state index contributed by atoms with van der Waals surface area (Å²) in [6.07, 6.45) is 0. The average molecular weight is 222 g/mol. The van der Waals surface area contributed by atoms with E-state index in [0.29, 0.717) is 17.5 Å². The maximum absolute atomic E-state index is 9.06. The van der Waals surface area contributed by atoms with Crippen LogP contribution >= 0.6 is 11.3 Å². The highest BCUT2D eigenvalue weighted by atomic mass is 32.1. The van der Waals surface area contributed by atoms with Gasteiger partial charge < -0.3 is 15.6 Å². The molecule has 1 aromatic heterocycles. The van der Waals surface area contributed by atoms with Gasteiger partial charge in [-0.25, -0.2) is 4.98 Å². The van der Waals surface area contributed by atoms with Gasteiger partial charge in [0.1, 0.15) is 18.1 Å². The number of thiazole rings is 1. The van der Waals surface area contributed by atoms with Crippen LogP contribution in [-0.4, -0.2) is 10.1 Å². The van der Waals surface area contributed by atoms with E-state index in [9.17, 15) is 0 Å². The van der Waals surface area contributed by atoms with Gasteiger partial charge in [0.2, 0.25) is 0 Å². The van der Waals surface area contributed by atoms with E-state index in [0.717, 1.165) is 5.69 Å². The molecule has 0 spiro atoms. The summed E-state index contributed by atoms with van der Waals surface area (Å²) in [4.78, 5) is 4.07. The topological polar surface area (TPSA) is 68.4 Å². The van der Waals surface area contributed by atoms with Crippen molar-refractivity contribution in [1.29, 1.82) is 0 Å². The smallest absolute Gasteiger partial charge is 0.180 e. The lowest BCUT2D eigenvalue weighted by atomic mass is 10.3. The van der Waals surface area contributed by atoms with Crippen molar-refractivity contribution in [2.45, 2.75) is 6.61 Å². The number of ether oxygens (including phenoxy) is 1. The monoisotopic (exact) mass is 222 g/mol. The van der Waals surface area contributed by atoms with Crippen LogP contribution in [0.25, 0.3) is 0 Å². The van der Waals surface area contributed by atoms with Gasteiger partial charge >= 0.3 is 0 Å². The Morgan fingerprint density at radius 2 is 2.07 bits per heavy atom. The lowest BCUT2D eigenvalue weighted by Gasteiger charge is -2.03. The summed E-state index contributed by atoms with van der Waals surface area (Å²) in [6.45, 7) is 0.387. The third-order valence-corrected chi connectivity index (χ3v) is 2.52. The molecule has 0 bridgehead atoms. The zero-order chi connectivity index (χ0) is 10.7. The summed E-state index contributed by atoms with van der Waals surface area (Å²) >= 11 is 1.39. The van der Waals surface area contributed by atoms with E-state index in [-0.39, 0.29) is 5.75 Å². The number of hydrogen-bond acceptors (Lipinski definition) is 5. The predicted octanol–water partition coefficient (Wildman–Crippen LogP) is 2.01. The molecule has 0 saturated carbocycles. The van der Waals surface area contributed by atoms with Crippen LogP contribution in [0.1, 0.15) is 5.69 Å². The summed E-state index contributed by atoms with van der Waals surface area (Å²) in [5, 5.41) is 11.5. The van der Waals surface area contributed by atoms with Crippen molar-refractivity contribution in [1.82, 2.24) is 4.98 Å². The minimum Gasteiger partial charge on any atom is -0.508 e. The molecule has 0 radical (unpaired) electrons. The number of nitrogen functional groups attached to an aromatic ring is 1. The van der Waals surface area contributed by atoms with E-state index < -0.39 is 0 Å². The Morgan fingerprint density at radius 3 is 2.67 bits per heavy atom. The van der Waals surface area contributed by atoms with Crippen LogP contribution in [0.3, 0.4) is 0 Å². The molecule has 0 amide bonds. The summed E-state index contributed by atoms with van der Waals surface area (Å²) in [7, 11) is 0. The number of aromatic nitrogens is 1. The van der Waals surface area contributed by atoms with Crippen LogP contribution in [0, 0.1) is 0 Å². The van der Waals surface area contributed by atoms with Crippen molar-refractivity contribution in [2.75, 3.05) is 5.73 Å². The number of hydrogen-bond donors (Lipinski definition) is 2. The minimum absolute atomic E-state index is 0.222. The zero-order valence-electron chi connectivity index (χ0n) is 7.88. The number of nitrogens with two attached hydrogens (primary N) is 1. The second kappa shape index (κ2) is 4.18. The molecule has 0 fully saturated rings. The molecule has 5 heteroatoms. The molecule has 2 aromatic rings. The van der Waals surface area contributed by atoms with Crippen molar-refractivity contribution in [2.24, 2.45) is 0 Å². The first kappa shape index (κ1) is 9.79. The fourth-order valence-electron chi connectivity index (χ4n) is 1.09. The van der Waals surface area contributed by atoms with E-state index in [1.54, 1.807) is 24.3 Å². The van der Waals surface area contributed by atoms with E-state index in [2.05, 4.69) is 4.98 Å². The maximum atomic E-state index is 9.06. The molecule has 2 rings (SSSR count). The van der Waals surface area contributed by atoms with Crippen LogP contribution in [0.2, 0.25) is 0 Å². The van der Waals surface area contributed by atoms with Crippen molar-refractivity contribution in [3.05, 3.63) is 35.3 Å². The lowest BCUT2D eigenvalue weighted by Crippen LogP contribution is -1.95. The summed E-state index contributed by atoms with van der Waals surface area (Å²) in [5.41, 5.74) is 6.30. The molecule has 4 nitrogen and oxygen atoms in total. The van der Waals surface area contributed by atoms with Crippen LogP contribution < -0.4 is 10.5 Å². The van der Waals surface area contributed by atoms with Crippen LogP contribution in [0.4, 0.5) is 5.13 Å². The predicted molar refractivity (Wildman–Crippen MR) is 59.0 cm³/mol. The molecular weight excluding hydrogens is 212 g/mol. The molecule has 0 aliphatic heterocycles. The number of aromatic hydroxyl groups is 1. The van der Waals surface area contributed by atoms with Gasteiger partial charge in [-0.3, -0.25) is 0 Å². The summed E-state index contributed by atoms with van der Waals surface area (Å²) in [5.74, 6) is 0.916. The molecule has 0 unspecified atom stereocenters. The molecule has 0 atom stereocenters. The first-order valence-corrected chi connectivity index (χ1v) is 5.24. The summed E-state index contributed by atoms with van der Waals surface area (Å²) in [6, 6.07) is 6.55. The normalized spacial score (nSPS) is 10.1. The van der Waals surface area contributed by atoms with Crippen molar-refractivity contribution in [3.63, 3.8) is 0 Å². The second-order valence-corrected chi connectivity index (χ2v) is 3.85. The van der Waals surface area contributed by atoms with Gasteiger partial charge in [-0.05, 0) is 24.3 Å². The lowest BCUT2D eigenvalue weighted by molar-refractivity contribution is 0.301. The quantitative estimate of drug-likeness (QED) is 0.833. The molecule has 1 aromatic carbocycles. The van der Waals surface area contributed by atoms with Crippen LogP contribution in [0.15, 0.2) is 29.6 Å². The van der Waals surface area contributed by atoms with Gasteiger partial charge in [-0.15, -0.1) is 11.3 Å². The highest BCUT2D eigenvalue weighted by Crippen LogP contribution is 2.18. The highest BCUT2D eigenvalue weighted by molar-refractivity contribution is 7.13. The Bertz CT molecular complexity index is 439. The number of phenols is 1. The number of nitrogens with zero attached hydrogens (tertiary/aromatic N) is 1. The van der Waals surface area contributed by atoms with Crippen LogP contribution in [0.5, 0.6) is 11.5 Å². The SMILES string of the molecule is Nc1nc(COc2ccc(O)cc2)cs1. The standard InChI is InChI=1S/C10H10N2O2S/c11-10-12-7(6-15-10)5-14-9-3-1-8(13)2-4-9/h1-4,6,13H,5H2,(H2,11,12). The van der Waals surface area contributed by atoms with E-state index >= 15 is 0 Å². The third-order valence-electron chi connectivity index (χ3n) is 1.79. The molecule has 3 N–H and O–H groups in total. The van der Waals surface area contributed by atoms with Gasteiger partial charge in [-0.2, -0.15) is 0 Å². The van der Waals surface area contributed by atoms with E-state index in [1.165, 1.54) is 11.3 Å². The number of benzene rings is 1. The fraction of sp³-hybridized carbons (Fsp3) is 0.100. The molecule has 15 heavy (non-hydrogen) atoms. The Labute approximate surface area is 91.0 Å². The average Bonchev–Trinajstić information content (AvgIpc) is 2.64. The van der Waals surface area contributed by atoms with Crippen molar-refractivity contribution in [3.8, 4) is 11.5 Å². The first-order valence-electron chi connectivity index (χ1n) is 4.36. The zero-order valence-corrected chi connectivity index (χ0v) is 8.70. The Kier molecular flexibility index (Phi) is 2.73. The van der Waals surface area contributed by atoms with Crippen molar-refractivity contribution < 1.29 is 9.84 Å². The Hall–Kier alpha value is -1.75. The second-order valence-electron chi connectivity index (χ2n) is 2.96. The van der Waals surface area contributed by atoms with Gasteiger partial charge in [0.05, 0.1) is 5.69 Å². The van der Waals surface area contributed by atoms with E-state index in [4.69, 9.17) is 15.6 Å². The van der Waals surface area contributed by atoms with Gasteiger partial charge in [0.25, 0.3) is 0 Å². The largest absolute Gasteiger partial charge is 0.508 e. The number of anilines is 1. The summed E-state index contributed by atoms with van der Waals surface area (Å²) < 4.78 is 5.44. The maximum Gasteiger partial charge on any atom is 0.180 e. The van der Waals surface area contributed by atoms with E-state index in [1.807, 2.05) is 5.38 Å². The molecule has 0 saturated heterocycles. The number of rotatable bonds is 3. The fourth-order valence-corrected chi connectivity index (χ4v) is 1.64. The molecular formula is C10H10N2O2S. The first-order chi connectivity index (χ1) is 7.24. The van der Waals surface area contributed by atoms with Gasteiger partial charge in [0.15, 0.2) is 5.13 Å². The minimum atomic E-state index is 0.222. The van der Waals surface area contributed by atoms with Crippen molar-refractivity contribution >= 4 is 16.5 Å². The van der Waals surface area contributed by atoms with Crippen LogP contribution in [-0.2, 0) is 6.61 Å². The molecule has 78 valence electrons. The Balaban J connectivity index is 1.96. The van der Waals surface area contributed by atoms with Gasteiger partial charge in [-0.1, -0.05) is 0 Å². The van der Waals surface area contributed by atoms with Gasteiger partial charge in [0, 0.05) is 5.38 Å². The molecule has 0 aliphatic carbocycles. The molecule has 1 heterocycles. The third kappa shape index (κ3) is 2.60. The molecule has 0 aliphatic rings. The highest BCUT2D eigenvalue weighted by Gasteiger charge is 2.00. The Morgan fingerprint density at radius 1 is 1.33 bits per heavy atom. The number of phenolic OH excluding ortho intramolecular Hbond substituents is 1.